The maximum Gasteiger partial charge on any atom is 0.231 e. The van der Waals surface area contributed by atoms with Gasteiger partial charge in [-0.2, -0.15) is 0 Å². The Morgan fingerprint density at radius 3 is 2.68 bits per heavy atom. The van der Waals surface area contributed by atoms with Crippen molar-refractivity contribution in [1.82, 2.24) is 15.5 Å². The van der Waals surface area contributed by atoms with Crippen molar-refractivity contribution in [3.63, 3.8) is 0 Å². The van der Waals surface area contributed by atoms with Gasteiger partial charge < -0.3 is 5.32 Å². The molecule has 0 radical (unpaired) electrons. The molecule has 1 saturated carbocycles. The third-order valence-electron chi connectivity index (χ3n) is 4.12. The van der Waals surface area contributed by atoms with E-state index >= 15 is 0 Å². The number of nitrogens with zero attached hydrogens (tertiary/aromatic N) is 2. The number of nitrogens with one attached hydrogen (secondary N) is 1. The molecule has 3 rings (SSSR count). The summed E-state index contributed by atoms with van der Waals surface area (Å²) in [5.41, 5.74) is 0.0622. The van der Waals surface area contributed by atoms with Gasteiger partial charge in [0.05, 0.1) is 17.7 Å². The van der Waals surface area contributed by atoms with Crippen molar-refractivity contribution < 1.29 is 14.0 Å². The number of allylic oxidation sites excluding steroid dienone is 1. The van der Waals surface area contributed by atoms with E-state index in [0.717, 1.165) is 0 Å². The monoisotopic (exact) mass is 323 g/mol. The Balaban J connectivity index is 1.92. The molecular weight excluding hydrogens is 309 g/mol. The lowest BCUT2D eigenvalue weighted by Gasteiger charge is -2.15. The van der Waals surface area contributed by atoms with E-state index < -0.39 is 5.67 Å². The van der Waals surface area contributed by atoms with Gasteiger partial charge in [0.2, 0.25) is 5.91 Å². The molecule has 2 heterocycles. The molecule has 5 nitrogen and oxygen atoms in total. The molecule has 7 heteroatoms. The predicted octanol–water partition coefficient (Wildman–Crippen LogP) is 2.41. The number of amides is 1. The van der Waals surface area contributed by atoms with Crippen molar-refractivity contribution in [1.29, 1.82) is 0 Å². The smallest absolute Gasteiger partial charge is 0.231 e. The van der Waals surface area contributed by atoms with Crippen molar-refractivity contribution in [3.8, 4) is 0 Å². The molecule has 22 heavy (non-hydrogen) atoms. The van der Waals surface area contributed by atoms with Crippen molar-refractivity contribution in [2.45, 2.75) is 38.3 Å². The summed E-state index contributed by atoms with van der Waals surface area (Å²) in [7, 11) is 0. The van der Waals surface area contributed by atoms with Gasteiger partial charge in [-0.1, -0.05) is 11.6 Å². The third-order valence-corrected chi connectivity index (χ3v) is 4.42. The lowest BCUT2D eigenvalue weighted by atomic mass is 9.98. The number of halogens is 2. The molecule has 0 saturated heterocycles. The van der Waals surface area contributed by atoms with Gasteiger partial charge in [-0.25, -0.2) is 4.39 Å². The van der Waals surface area contributed by atoms with Crippen LogP contribution in [-0.4, -0.2) is 27.6 Å². The average Bonchev–Trinajstić information content (AvgIpc) is 3.20. The topological polar surface area (TPSA) is 72.0 Å². The van der Waals surface area contributed by atoms with E-state index in [0.29, 0.717) is 23.3 Å². The van der Waals surface area contributed by atoms with E-state index in [-0.39, 0.29) is 35.1 Å². The zero-order valence-electron chi connectivity index (χ0n) is 12.2. The van der Waals surface area contributed by atoms with Gasteiger partial charge in [-0.05, 0) is 43.7 Å². The molecule has 1 N–H and O–H groups in total. The molecule has 0 aromatic carbocycles. The number of ketones is 1. The second-order valence-electron chi connectivity index (χ2n) is 6.21. The maximum atomic E-state index is 14.0. The minimum Gasteiger partial charge on any atom is -0.331 e. The molecule has 2 atom stereocenters. The van der Waals surface area contributed by atoms with Crippen LogP contribution in [0.3, 0.4) is 0 Å². The maximum absolute atomic E-state index is 14.0. The highest BCUT2D eigenvalue weighted by Gasteiger charge is 2.50. The number of carbonyl (C=O) groups is 2. The summed E-state index contributed by atoms with van der Waals surface area (Å²) in [5, 5.41) is 10.5. The fraction of sp³-hybridized carbons (Fsp3) is 0.467. The molecule has 1 aliphatic carbocycles. The molecule has 1 aromatic rings. The number of aromatic nitrogens is 2. The van der Waals surface area contributed by atoms with Gasteiger partial charge in [0.25, 0.3) is 0 Å². The van der Waals surface area contributed by atoms with Gasteiger partial charge in [0, 0.05) is 6.20 Å². The fourth-order valence-corrected chi connectivity index (χ4v) is 3.05. The van der Waals surface area contributed by atoms with E-state index in [1.165, 1.54) is 6.20 Å². The SMILES string of the molecule is CC(C)(F)[C@H]1C[C@@H]1c1cc(C2=CNC(=O)CC2=O)nnc1Cl. The molecule has 0 unspecified atom stereocenters. The third kappa shape index (κ3) is 2.75. The summed E-state index contributed by atoms with van der Waals surface area (Å²) >= 11 is 6.07. The Morgan fingerprint density at radius 2 is 2.09 bits per heavy atom. The van der Waals surface area contributed by atoms with Crippen molar-refractivity contribution in [2.24, 2.45) is 5.92 Å². The first-order chi connectivity index (χ1) is 10.3. The Labute approximate surface area is 131 Å². The van der Waals surface area contributed by atoms with E-state index in [4.69, 9.17) is 11.6 Å². The molecule has 0 spiro atoms. The van der Waals surface area contributed by atoms with Crippen LogP contribution in [0.25, 0.3) is 5.57 Å². The zero-order valence-corrected chi connectivity index (χ0v) is 12.9. The molecule has 1 aliphatic heterocycles. The summed E-state index contributed by atoms with van der Waals surface area (Å²) in [5.74, 6) is -0.796. The quantitative estimate of drug-likeness (QED) is 0.867. The molecule has 1 aromatic heterocycles. The lowest BCUT2D eigenvalue weighted by Crippen LogP contribution is -2.27. The second-order valence-corrected chi connectivity index (χ2v) is 6.57. The Kier molecular flexibility index (Phi) is 3.51. The minimum absolute atomic E-state index is 0.0179. The predicted molar refractivity (Wildman–Crippen MR) is 78.8 cm³/mol. The van der Waals surface area contributed by atoms with Crippen LogP contribution in [0.4, 0.5) is 4.39 Å². The van der Waals surface area contributed by atoms with E-state index in [9.17, 15) is 14.0 Å². The Hall–Kier alpha value is -1.82. The van der Waals surface area contributed by atoms with Crippen LogP contribution >= 0.6 is 11.6 Å². The first-order valence-electron chi connectivity index (χ1n) is 7.02. The van der Waals surface area contributed by atoms with Crippen LogP contribution in [0.15, 0.2) is 12.3 Å². The minimum atomic E-state index is -1.29. The van der Waals surface area contributed by atoms with Gasteiger partial charge in [-0.3, -0.25) is 9.59 Å². The number of carbonyl (C=O) groups excluding carboxylic acids is 2. The van der Waals surface area contributed by atoms with Crippen LogP contribution < -0.4 is 5.32 Å². The normalized spacial score (nSPS) is 24.8. The van der Waals surface area contributed by atoms with E-state index in [2.05, 4.69) is 15.5 Å². The highest BCUT2D eigenvalue weighted by Crippen LogP contribution is 2.55. The number of hydrogen-bond acceptors (Lipinski definition) is 4. The highest BCUT2D eigenvalue weighted by atomic mass is 35.5. The average molecular weight is 324 g/mol. The summed E-state index contributed by atoms with van der Waals surface area (Å²) in [4.78, 5) is 23.1. The van der Waals surface area contributed by atoms with E-state index in [1.807, 2.05) is 0 Å². The summed E-state index contributed by atoms with van der Waals surface area (Å²) < 4.78 is 14.0. The van der Waals surface area contributed by atoms with Crippen molar-refractivity contribution >= 4 is 28.9 Å². The summed E-state index contributed by atoms with van der Waals surface area (Å²) in [6.45, 7) is 3.09. The molecule has 116 valence electrons. The van der Waals surface area contributed by atoms with Crippen LogP contribution in [-0.2, 0) is 9.59 Å². The van der Waals surface area contributed by atoms with Gasteiger partial charge in [0.15, 0.2) is 10.9 Å². The molecule has 2 aliphatic rings. The van der Waals surface area contributed by atoms with Gasteiger partial charge in [0.1, 0.15) is 5.67 Å². The Morgan fingerprint density at radius 1 is 1.36 bits per heavy atom. The number of alkyl halides is 1. The first-order valence-corrected chi connectivity index (χ1v) is 7.40. The highest BCUT2D eigenvalue weighted by molar-refractivity contribution is 6.30. The van der Waals surface area contributed by atoms with E-state index in [1.54, 1.807) is 19.9 Å². The number of Topliss-reactive ketones (excluding diaryl/α,β-unsaturated/α-hetero) is 1. The molecular formula is C15H15ClFN3O2. The van der Waals surface area contributed by atoms with Gasteiger partial charge >= 0.3 is 0 Å². The lowest BCUT2D eigenvalue weighted by molar-refractivity contribution is -0.125. The first kappa shape index (κ1) is 15.1. The molecule has 1 fully saturated rings. The van der Waals surface area contributed by atoms with Gasteiger partial charge in [-0.15, -0.1) is 10.2 Å². The molecule has 0 bridgehead atoms. The zero-order chi connectivity index (χ0) is 16.1. The summed E-state index contributed by atoms with van der Waals surface area (Å²) in [6, 6.07) is 1.67. The standard InChI is InChI=1S/C15H15ClFN3O2/c1-15(2,17)10-3-7(10)8-4-11(19-20-14(8)16)9-6-18-13(22)5-12(9)21/h4,6-7,10H,3,5H2,1-2H3,(H,18,22)/t7-,10+/m1/s1. The Bertz CT molecular complexity index is 697. The van der Waals surface area contributed by atoms with Crippen LogP contribution in [0.5, 0.6) is 0 Å². The van der Waals surface area contributed by atoms with Crippen LogP contribution in [0.1, 0.15) is 43.9 Å². The number of hydrogen-bond donors (Lipinski definition) is 1. The van der Waals surface area contributed by atoms with Crippen molar-refractivity contribution in [2.75, 3.05) is 0 Å². The van der Waals surface area contributed by atoms with Crippen LogP contribution in [0, 0.1) is 5.92 Å². The van der Waals surface area contributed by atoms with Crippen LogP contribution in [0.2, 0.25) is 5.15 Å². The largest absolute Gasteiger partial charge is 0.331 e. The fourth-order valence-electron chi connectivity index (χ4n) is 2.82. The van der Waals surface area contributed by atoms with Crippen molar-refractivity contribution in [3.05, 3.63) is 28.7 Å². The summed E-state index contributed by atoms with van der Waals surface area (Å²) in [6.07, 6.45) is 1.81. The molecule has 1 amide bonds. The second kappa shape index (κ2) is 5.12. The number of rotatable bonds is 3.